The average Bonchev–Trinajstić information content (AvgIpc) is 2.76. The standard InChI is InChI=1S/C14H17N3S/c1-10-3-6-12(7-4-10)17-14(15)16-9-13-8-5-11(2)18-13/h3-8H,9H2,1-2H3,(H3,15,16,17). The summed E-state index contributed by atoms with van der Waals surface area (Å²) in [6.07, 6.45) is 0. The third-order valence-corrected chi connectivity index (χ3v) is 3.51. The second kappa shape index (κ2) is 5.69. The Morgan fingerprint density at radius 2 is 1.89 bits per heavy atom. The van der Waals surface area contributed by atoms with Crippen LogP contribution in [-0.4, -0.2) is 5.96 Å². The number of hydrogen-bond acceptors (Lipinski definition) is 2. The van der Waals surface area contributed by atoms with Gasteiger partial charge in [-0.15, -0.1) is 11.3 Å². The molecule has 0 atom stereocenters. The second-order valence-electron chi connectivity index (χ2n) is 4.20. The molecule has 1 aromatic carbocycles. The zero-order valence-electron chi connectivity index (χ0n) is 10.6. The summed E-state index contributed by atoms with van der Waals surface area (Å²) >= 11 is 1.75. The quantitative estimate of drug-likeness (QED) is 0.656. The summed E-state index contributed by atoms with van der Waals surface area (Å²) in [6.45, 7) is 4.77. The number of benzene rings is 1. The van der Waals surface area contributed by atoms with Gasteiger partial charge in [-0.1, -0.05) is 17.7 Å². The van der Waals surface area contributed by atoms with Gasteiger partial charge in [0, 0.05) is 15.4 Å². The van der Waals surface area contributed by atoms with Crippen LogP contribution in [0.4, 0.5) is 5.69 Å². The summed E-state index contributed by atoms with van der Waals surface area (Å²) in [5.74, 6) is 0.449. The summed E-state index contributed by atoms with van der Waals surface area (Å²) in [5.41, 5.74) is 8.03. The summed E-state index contributed by atoms with van der Waals surface area (Å²) in [7, 11) is 0. The number of hydrogen-bond donors (Lipinski definition) is 2. The predicted molar refractivity (Wildman–Crippen MR) is 79.2 cm³/mol. The molecule has 2 aromatic rings. The summed E-state index contributed by atoms with van der Waals surface area (Å²) < 4.78 is 0. The van der Waals surface area contributed by atoms with Crippen molar-refractivity contribution in [3.8, 4) is 0 Å². The SMILES string of the molecule is Cc1ccc(NC(N)=NCc2ccc(C)s2)cc1. The molecule has 0 amide bonds. The van der Waals surface area contributed by atoms with Gasteiger partial charge in [-0.3, -0.25) is 0 Å². The molecule has 0 saturated carbocycles. The Kier molecular flexibility index (Phi) is 3.99. The molecule has 0 aliphatic heterocycles. The minimum absolute atomic E-state index is 0.449. The van der Waals surface area contributed by atoms with Crippen molar-refractivity contribution >= 4 is 23.0 Å². The van der Waals surface area contributed by atoms with Gasteiger partial charge >= 0.3 is 0 Å². The Labute approximate surface area is 111 Å². The lowest BCUT2D eigenvalue weighted by Gasteiger charge is -2.05. The largest absolute Gasteiger partial charge is 0.370 e. The summed E-state index contributed by atoms with van der Waals surface area (Å²) in [4.78, 5) is 6.84. The molecule has 94 valence electrons. The van der Waals surface area contributed by atoms with Crippen molar-refractivity contribution < 1.29 is 0 Å². The van der Waals surface area contributed by atoms with E-state index in [1.54, 1.807) is 11.3 Å². The molecular weight excluding hydrogens is 242 g/mol. The van der Waals surface area contributed by atoms with Crippen LogP contribution in [0.3, 0.4) is 0 Å². The monoisotopic (exact) mass is 259 g/mol. The second-order valence-corrected chi connectivity index (χ2v) is 5.58. The van der Waals surface area contributed by atoms with Crippen LogP contribution in [-0.2, 0) is 6.54 Å². The maximum atomic E-state index is 5.84. The van der Waals surface area contributed by atoms with Crippen LogP contribution in [0.2, 0.25) is 0 Å². The van der Waals surface area contributed by atoms with Crippen molar-refractivity contribution in [3.63, 3.8) is 0 Å². The van der Waals surface area contributed by atoms with Crippen LogP contribution < -0.4 is 11.1 Å². The molecule has 2 rings (SSSR count). The average molecular weight is 259 g/mol. The highest BCUT2D eigenvalue weighted by atomic mass is 32.1. The Hall–Kier alpha value is -1.81. The van der Waals surface area contributed by atoms with E-state index in [9.17, 15) is 0 Å². The van der Waals surface area contributed by atoms with Gasteiger partial charge in [0.2, 0.25) is 0 Å². The normalized spacial score (nSPS) is 11.6. The van der Waals surface area contributed by atoms with E-state index < -0.39 is 0 Å². The minimum Gasteiger partial charge on any atom is -0.370 e. The molecule has 3 N–H and O–H groups in total. The van der Waals surface area contributed by atoms with Crippen LogP contribution in [0.1, 0.15) is 15.3 Å². The van der Waals surface area contributed by atoms with Crippen molar-refractivity contribution in [2.45, 2.75) is 20.4 Å². The van der Waals surface area contributed by atoms with Gasteiger partial charge < -0.3 is 11.1 Å². The molecule has 0 fully saturated rings. The number of rotatable bonds is 3. The molecule has 0 spiro atoms. The Morgan fingerprint density at radius 1 is 1.17 bits per heavy atom. The van der Waals surface area contributed by atoms with Crippen LogP contribution >= 0.6 is 11.3 Å². The van der Waals surface area contributed by atoms with Gasteiger partial charge in [-0.25, -0.2) is 4.99 Å². The number of thiophene rings is 1. The molecule has 0 unspecified atom stereocenters. The molecule has 0 saturated heterocycles. The Morgan fingerprint density at radius 3 is 2.50 bits per heavy atom. The smallest absolute Gasteiger partial charge is 0.193 e. The molecule has 18 heavy (non-hydrogen) atoms. The number of nitrogens with zero attached hydrogens (tertiary/aromatic N) is 1. The van der Waals surface area contributed by atoms with E-state index in [2.05, 4.69) is 36.3 Å². The van der Waals surface area contributed by atoms with Crippen molar-refractivity contribution in [2.75, 3.05) is 5.32 Å². The number of anilines is 1. The maximum absolute atomic E-state index is 5.84. The van der Waals surface area contributed by atoms with Crippen LogP contribution in [0.15, 0.2) is 41.4 Å². The number of aliphatic imine (C=N–C) groups is 1. The third-order valence-electron chi connectivity index (χ3n) is 2.53. The maximum Gasteiger partial charge on any atom is 0.193 e. The zero-order valence-corrected chi connectivity index (χ0v) is 11.4. The van der Waals surface area contributed by atoms with Crippen molar-refractivity contribution in [2.24, 2.45) is 10.7 Å². The van der Waals surface area contributed by atoms with Gasteiger partial charge in [0.15, 0.2) is 5.96 Å². The van der Waals surface area contributed by atoms with Crippen LogP contribution in [0.5, 0.6) is 0 Å². The first-order valence-corrected chi connectivity index (χ1v) is 6.64. The van der Waals surface area contributed by atoms with Gasteiger partial charge in [0.1, 0.15) is 0 Å². The number of aryl methyl sites for hydroxylation is 2. The molecule has 0 aliphatic carbocycles. The van der Waals surface area contributed by atoms with Crippen LogP contribution in [0, 0.1) is 13.8 Å². The summed E-state index contributed by atoms with van der Waals surface area (Å²) in [6, 6.07) is 12.2. The van der Waals surface area contributed by atoms with Gasteiger partial charge in [-0.05, 0) is 38.1 Å². The van der Waals surface area contributed by atoms with E-state index in [0.29, 0.717) is 12.5 Å². The third kappa shape index (κ3) is 3.60. The number of nitrogens with one attached hydrogen (secondary N) is 1. The molecule has 0 bridgehead atoms. The van der Waals surface area contributed by atoms with E-state index in [1.807, 2.05) is 24.3 Å². The first-order valence-electron chi connectivity index (χ1n) is 5.82. The zero-order chi connectivity index (χ0) is 13.0. The summed E-state index contributed by atoms with van der Waals surface area (Å²) in [5, 5.41) is 3.08. The molecule has 3 nitrogen and oxygen atoms in total. The molecule has 4 heteroatoms. The highest BCUT2D eigenvalue weighted by Gasteiger charge is 1.97. The van der Waals surface area contributed by atoms with Crippen molar-refractivity contribution in [1.29, 1.82) is 0 Å². The number of guanidine groups is 1. The fraction of sp³-hybridized carbons (Fsp3) is 0.214. The Bertz CT molecular complexity index is 540. The highest BCUT2D eigenvalue weighted by molar-refractivity contribution is 7.11. The lowest BCUT2D eigenvalue weighted by atomic mass is 10.2. The van der Waals surface area contributed by atoms with Gasteiger partial charge in [0.25, 0.3) is 0 Å². The van der Waals surface area contributed by atoms with Gasteiger partial charge in [-0.2, -0.15) is 0 Å². The van der Waals surface area contributed by atoms with E-state index in [4.69, 9.17) is 5.73 Å². The first kappa shape index (κ1) is 12.6. The van der Waals surface area contributed by atoms with Crippen molar-refractivity contribution in [1.82, 2.24) is 0 Å². The van der Waals surface area contributed by atoms with E-state index >= 15 is 0 Å². The van der Waals surface area contributed by atoms with Crippen LogP contribution in [0.25, 0.3) is 0 Å². The van der Waals surface area contributed by atoms with E-state index in [-0.39, 0.29) is 0 Å². The molecule has 1 aromatic heterocycles. The van der Waals surface area contributed by atoms with Crippen molar-refractivity contribution in [3.05, 3.63) is 51.7 Å². The number of nitrogens with two attached hydrogens (primary N) is 1. The molecule has 1 heterocycles. The topological polar surface area (TPSA) is 50.4 Å². The Balaban J connectivity index is 1.95. The fourth-order valence-corrected chi connectivity index (χ4v) is 2.37. The molecular formula is C14H17N3S. The first-order chi connectivity index (χ1) is 8.63. The van der Waals surface area contributed by atoms with Gasteiger partial charge in [0.05, 0.1) is 6.54 Å². The molecule has 0 radical (unpaired) electrons. The lowest BCUT2D eigenvalue weighted by Crippen LogP contribution is -2.22. The highest BCUT2D eigenvalue weighted by Crippen LogP contribution is 2.15. The fourth-order valence-electron chi connectivity index (χ4n) is 1.56. The predicted octanol–water partition coefficient (Wildman–Crippen LogP) is 3.29. The van der Waals surface area contributed by atoms with E-state index in [0.717, 1.165) is 5.69 Å². The lowest BCUT2D eigenvalue weighted by molar-refractivity contribution is 1.09. The minimum atomic E-state index is 0.449. The van der Waals surface area contributed by atoms with E-state index in [1.165, 1.54) is 15.3 Å². The molecule has 0 aliphatic rings.